The number of hydrogen-bond donors (Lipinski definition) is 1. The molecule has 2 nitrogen and oxygen atoms in total. The molecule has 2 fully saturated rings. The minimum atomic E-state index is -4.68. The highest BCUT2D eigenvalue weighted by Crippen LogP contribution is 2.55. The van der Waals surface area contributed by atoms with E-state index < -0.39 is 17.1 Å². The molecule has 2 aliphatic rings. The van der Waals surface area contributed by atoms with Crippen molar-refractivity contribution in [2.24, 2.45) is 11.3 Å². The van der Waals surface area contributed by atoms with Crippen LogP contribution in [0.4, 0.5) is 13.2 Å². The van der Waals surface area contributed by atoms with Crippen molar-refractivity contribution in [2.45, 2.75) is 62.0 Å². The third-order valence-electron chi connectivity index (χ3n) is 5.13. The van der Waals surface area contributed by atoms with Gasteiger partial charge >= 0.3 is 6.36 Å². The normalized spacial score (nSPS) is 32.3. The largest absolute Gasteiger partial charge is 0.573 e. The van der Waals surface area contributed by atoms with E-state index in [4.69, 9.17) is 4.78 Å². The number of halogens is 3. The van der Waals surface area contributed by atoms with Crippen LogP contribution in [0.2, 0.25) is 0 Å². The van der Waals surface area contributed by atoms with Crippen LogP contribution >= 0.6 is 0 Å². The molecule has 0 amide bonds. The first-order chi connectivity index (χ1) is 10.8. The number of benzene rings is 1. The minimum absolute atomic E-state index is 0.222. The van der Waals surface area contributed by atoms with Gasteiger partial charge in [0.2, 0.25) is 0 Å². The third kappa shape index (κ3) is 3.90. The summed E-state index contributed by atoms with van der Waals surface area (Å²) >= 11 is 0. The summed E-state index contributed by atoms with van der Waals surface area (Å²) < 4.78 is 49.4. The Bertz CT molecular complexity index is 596. The van der Waals surface area contributed by atoms with Gasteiger partial charge in [-0.05, 0) is 55.2 Å². The Hall–Kier alpha value is -1.04. The molecule has 0 saturated heterocycles. The molecule has 0 bridgehead atoms. The summed E-state index contributed by atoms with van der Waals surface area (Å²) in [6, 6.07) is 5.95. The highest BCUT2D eigenvalue weighted by Gasteiger charge is 2.47. The second kappa shape index (κ2) is 6.11. The van der Waals surface area contributed by atoms with Crippen LogP contribution in [-0.2, 0) is 10.7 Å². The van der Waals surface area contributed by atoms with Crippen LogP contribution < -0.4 is 4.74 Å². The molecule has 2 saturated carbocycles. The van der Waals surface area contributed by atoms with Crippen molar-refractivity contribution in [1.82, 2.24) is 0 Å². The molecule has 0 aromatic heterocycles. The van der Waals surface area contributed by atoms with Crippen LogP contribution in [0.3, 0.4) is 0 Å². The summed E-state index contributed by atoms with van der Waals surface area (Å²) in [4.78, 5) is 0.649. The first-order valence-electron chi connectivity index (χ1n) is 8.07. The predicted molar refractivity (Wildman–Crippen MR) is 84.6 cm³/mol. The Morgan fingerprint density at radius 2 is 2.00 bits per heavy atom. The Kier molecular flexibility index (Phi) is 4.47. The van der Waals surface area contributed by atoms with E-state index in [-0.39, 0.29) is 11.0 Å². The number of ether oxygens (including phenoxy) is 1. The summed E-state index contributed by atoms with van der Waals surface area (Å²) in [6.07, 6.45) is 2.49. The van der Waals surface area contributed by atoms with Gasteiger partial charge in [0.05, 0.1) is 0 Å². The smallest absolute Gasteiger partial charge is 0.406 e. The van der Waals surface area contributed by atoms with Crippen LogP contribution in [0.25, 0.3) is 0 Å². The summed E-state index contributed by atoms with van der Waals surface area (Å²) in [5, 5.41) is 0.279. The molecule has 2 aliphatic carbocycles. The number of nitrogens with one attached hydrogen (secondary N) is 1. The summed E-state index contributed by atoms with van der Waals surface area (Å²) in [6.45, 7) is 2.30. The molecule has 0 radical (unpaired) electrons. The van der Waals surface area contributed by atoms with E-state index in [0.717, 1.165) is 18.8 Å². The van der Waals surface area contributed by atoms with E-state index in [1.54, 1.807) is 12.1 Å². The maximum absolute atomic E-state index is 12.3. The number of rotatable bonds is 3. The zero-order chi connectivity index (χ0) is 16.7. The summed E-state index contributed by atoms with van der Waals surface area (Å²) in [5.74, 6) is 0.542. The fourth-order valence-corrected chi connectivity index (χ4v) is 6.11. The fraction of sp³-hybridized carbons (Fsp3) is 0.647. The van der Waals surface area contributed by atoms with Gasteiger partial charge in [0.1, 0.15) is 5.75 Å². The van der Waals surface area contributed by atoms with Gasteiger partial charge in [-0.15, -0.1) is 13.2 Å². The predicted octanol–water partition coefficient (Wildman–Crippen LogP) is 5.68. The molecule has 6 heteroatoms. The second-order valence-corrected chi connectivity index (χ2v) is 8.91. The van der Waals surface area contributed by atoms with Gasteiger partial charge in [0.25, 0.3) is 0 Å². The zero-order valence-electron chi connectivity index (χ0n) is 13.2. The highest BCUT2D eigenvalue weighted by atomic mass is 32.2. The van der Waals surface area contributed by atoms with E-state index in [0.29, 0.717) is 10.3 Å². The fourth-order valence-electron chi connectivity index (χ4n) is 4.21. The van der Waals surface area contributed by atoms with Gasteiger partial charge in [-0.2, -0.15) is 0 Å². The Morgan fingerprint density at radius 1 is 1.26 bits per heavy atom. The molecule has 1 N–H and O–H groups in total. The van der Waals surface area contributed by atoms with Crippen LogP contribution in [0.5, 0.6) is 5.75 Å². The van der Waals surface area contributed by atoms with E-state index in [1.807, 2.05) is 0 Å². The first kappa shape index (κ1) is 16.8. The number of hydrogen-bond acceptors (Lipinski definition) is 2. The van der Waals surface area contributed by atoms with Gasteiger partial charge in [0.15, 0.2) is 0 Å². The standard InChI is InChI=1S/C17H22F3NOS/c1-12-4-3-7-16(9-12)10-15(11-16)23(21)14-6-2-5-13(8-14)22-17(18,19)20/h2,5-6,8,12,15,21H,3-4,7,9-11H2,1H3. The molecule has 2 atom stereocenters. The topological polar surface area (TPSA) is 33.1 Å². The average molecular weight is 345 g/mol. The van der Waals surface area contributed by atoms with Crippen molar-refractivity contribution in [2.75, 3.05) is 0 Å². The lowest BCUT2D eigenvalue weighted by atomic mass is 9.58. The Morgan fingerprint density at radius 3 is 2.65 bits per heavy atom. The average Bonchev–Trinajstić information content (AvgIpc) is 2.42. The SMILES string of the molecule is CC1CCCC2(C1)CC(S(=N)c1cccc(OC(F)(F)F)c1)C2. The maximum atomic E-state index is 12.3. The summed E-state index contributed by atoms with van der Waals surface area (Å²) in [5.41, 5.74) is 0.411. The second-order valence-electron chi connectivity index (χ2n) is 7.09. The molecule has 2 unspecified atom stereocenters. The number of alkyl halides is 3. The molecular formula is C17H22F3NOS. The lowest BCUT2D eigenvalue weighted by Crippen LogP contribution is -2.45. The van der Waals surface area contributed by atoms with Gasteiger partial charge in [-0.25, -0.2) is 0 Å². The monoisotopic (exact) mass is 345 g/mol. The molecule has 0 aliphatic heterocycles. The van der Waals surface area contributed by atoms with Crippen LogP contribution in [0, 0.1) is 16.1 Å². The minimum Gasteiger partial charge on any atom is -0.406 e. The molecule has 1 aromatic rings. The van der Waals surface area contributed by atoms with Gasteiger partial charge in [0, 0.05) is 10.1 Å². The van der Waals surface area contributed by atoms with E-state index in [1.165, 1.54) is 37.8 Å². The van der Waals surface area contributed by atoms with E-state index in [2.05, 4.69) is 11.7 Å². The van der Waals surface area contributed by atoms with Crippen molar-refractivity contribution in [1.29, 1.82) is 4.78 Å². The van der Waals surface area contributed by atoms with Crippen molar-refractivity contribution in [3.05, 3.63) is 24.3 Å². The molecule has 128 valence electrons. The molecule has 1 spiro atoms. The maximum Gasteiger partial charge on any atom is 0.573 e. The first-order valence-corrected chi connectivity index (χ1v) is 9.35. The van der Waals surface area contributed by atoms with Gasteiger partial charge < -0.3 is 4.74 Å². The van der Waals surface area contributed by atoms with E-state index >= 15 is 0 Å². The Labute approximate surface area is 137 Å². The lowest BCUT2D eigenvalue weighted by Gasteiger charge is -2.52. The van der Waals surface area contributed by atoms with Crippen molar-refractivity contribution < 1.29 is 17.9 Å². The molecule has 0 heterocycles. The van der Waals surface area contributed by atoms with Crippen molar-refractivity contribution in [3.8, 4) is 5.75 Å². The molecule has 3 rings (SSSR count). The molecule has 1 aromatic carbocycles. The third-order valence-corrected chi connectivity index (χ3v) is 6.90. The quantitative estimate of drug-likeness (QED) is 0.751. The van der Waals surface area contributed by atoms with Crippen molar-refractivity contribution >= 4 is 10.7 Å². The van der Waals surface area contributed by atoms with Gasteiger partial charge in [-0.3, -0.25) is 4.78 Å². The molecular weight excluding hydrogens is 323 g/mol. The lowest BCUT2D eigenvalue weighted by molar-refractivity contribution is -0.274. The van der Waals surface area contributed by atoms with Crippen LogP contribution in [0.15, 0.2) is 29.2 Å². The highest BCUT2D eigenvalue weighted by molar-refractivity contribution is 7.86. The van der Waals surface area contributed by atoms with Gasteiger partial charge in [-0.1, -0.05) is 36.5 Å². The van der Waals surface area contributed by atoms with Crippen LogP contribution in [0.1, 0.15) is 45.4 Å². The van der Waals surface area contributed by atoms with Crippen LogP contribution in [-0.4, -0.2) is 11.6 Å². The zero-order valence-corrected chi connectivity index (χ0v) is 14.0. The summed E-state index contributed by atoms with van der Waals surface area (Å²) in [7, 11) is -0.766. The molecule has 23 heavy (non-hydrogen) atoms. The van der Waals surface area contributed by atoms with E-state index in [9.17, 15) is 13.2 Å². The van der Waals surface area contributed by atoms with Crippen molar-refractivity contribution in [3.63, 3.8) is 0 Å². The Balaban J connectivity index is 1.65.